The molecule has 28 heavy (non-hydrogen) atoms. The molecule has 4 aliphatic rings. The van der Waals surface area contributed by atoms with E-state index in [1.807, 2.05) is 0 Å². The third-order valence-electron chi connectivity index (χ3n) is 6.67. The van der Waals surface area contributed by atoms with Crippen LogP contribution in [0.2, 0.25) is 0 Å². The first-order valence-electron chi connectivity index (χ1n) is 11.3. The Morgan fingerprint density at radius 3 is 1.29 bits per heavy atom. The van der Waals surface area contributed by atoms with Crippen molar-refractivity contribution in [3.63, 3.8) is 0 Å². The number of hydrogen-bond acceptors (Lipinski definition) is 6. The molecule has 4 rings (SSSR count). The minimum atomic E-state index is 0.0518. The Hall–Kier alpha value is -0.240. The summed E-state index contributed by atoms with van der Waals surface area (Å²) in [5.74, 6) is 3.08. The van der Waals surface area contributed by atoms with E-state index in [1.165, 1.54) is 44.9 Å². The van der Waals surface area contributed by atoms with Crippen LogP contribution >= 0.6 is 0 Å². The van der Waals surface area contributed by atoms with E-state index < -0.39 is 0 Å². The molecule has 6 heteroatoms. The highest BCUT2D eigenvalue weighted by Gasteiger charge is 2.50. The van der Waals surface area contributed by atoms with Crippen molar-refractivity contribution in [1.82, 2.24) is 0 Å². The average molecular weight is 401 g/mol. The molecule has 4 fully saturated rings. The Kier molecular flexibility index (Phi) is 9.98. The molecule has 0 heterocycles. The van der Waals surface area contributed by atoms with E-state index in [2.05, 4.69) is 0 Å². The molecule has 6 nitrogen and oxygen atoms in total. The van der Waals surface area contributed by atoms with Gasteiger partial charge in [0.25, 0.3) is 0 Å². The largest absolute Gasteiger partial charge is 0.394 e. The van der Waals surface area contributed by atoms with E-state index in [-0.39, 0.29) is 6.61 Å². The zero-order chi connectivity index (χ0) is 19.5. The normalized spacial score (nSPS) is 31.0. The molecule has 0 unspecified atom stereocenters. The van der Waals surface area contributed by atoms with Gasteiger partial charge in [-0.05, 0) is 68.1 Å². The molecule has 0 spiro atoms. The second-order valence-electron chi connectivity index (χ2n) is 8.95. The topological polar surface area (TPSA) is 66.4 Å². The van der Waals surface area contributed by atoms with Gasteiger partial charge in [-0.2, -0.15) is 0 Å². The summed E-state index contributed by atoms with van der Waals surface area (Å²) in [6.45, 7) is 5.96. The van der Waals surface area contributed by atoms with Gasteiger partial charge in [0.15, 0.2) is 0 Å². The van der Waals surface area contributed by atoms with E-state index >= 15 is 0 Å². The summed E-state index contributed by atoms with van der Waals surface area (Å²) in [6.07, 6.45) is 10.2. The first kappa shape index (κ1) is 22.4. The molecule has 0 aliphatic heterocycles. The van der Waals surface area contributed by atoms with Crippen LogP contribution in [0.5, 0.6) is 0 Å². The molecule has 0 amide bonds. The highest BCUT2D eigenvalue weighted by molar-refractivity contribution is 5.01. The lowest BCUT2D eigenvalue weighted by molar-refractivity contribution is -0.0719. The highest BCUT2D eigenvalue weighted by Crippen LogP contribution is 2.61. The van der Waals surface area contributed by atoms with Crippen molar-refractivity contribution in [2.24, 2.45) is 23.2 Å². The molecule has 0 radical (unpaired) electrons. The van der Waals surface area contributed by atoms with Gasteiger partial charge in [0.05, 0.1) is 66.1 Å². The number of aliphatic hydroxyl groups is 1. The van der Waals surface area contributed by atoms with Crippen molar-refractivity contribution < 1.29 is 28.8 Å². The van der Waals surface area contributed by atoms with Crippen molar-refractivity contribution >= 4 is 0 Å². The monoisotopic (exact) mass is 400 g/mol. The Morgan fingerprint density at radius 2 is 0.893 bits per heavy atom. The fraction of sp³-hybridized carbons (Fsp3) is 1.00. The zero-order valence-corrected chi connectivity index (χ0v) is 17.4. The second kappa shape index (κ2) is 12.5. The van der Waals surface area contributed by atoms with Crippen LogP contribution in [-0.2, 0) is 23.7 Å². The first-order valence-corrected chi connectivity index (χ1v) is 11.3. The lowest BCUT2D eigenvalue weighted by atomic mass is 9.49. The highest BCUT2D eigenvalue weighted by atomic mass is 16.6. The standard InChI is InChI=1S/C22H40O6/c23-2-4-25-6-8-27-10-12-28-11-9-26-7-5-24-3-1-22-16-19-13-20(17-22)15-21(14-19)18-22/h19-21,23H,1-18H2. The fourth-order valence-electron chi connectivity index (χ4n) is 5.93. The second-order valence-corrected chi connectivity index (χ2v) is 8.95. The third-order valence-corrected chi connectivity index (χ3v) is 6.67. The van der Waals surface area contributed by atoms with Crippen LogP contribution in [0.25, 0.3) is 0 Å². The minimum absolute atomic E-state index is 0.0518. The summed E-state index contributed by atoms with van der Waals surface area (Å²) in [5, 5.41) is 8.56. The lowest BCUT2D eigenvalue weighted by Gasteiger charge is -2.57. The minimum Gasteiger partial charge on any atom is -0.394 e. The van der Waals surface area contributed by atoms with Gasteiger partial charge in [0.1, 0.15) is 0 Å². The van der Waals surface area contributed by atoms with Crippen LogP contribution in [0.1, 0.15) is 44.9 Å². The van der Waals surface area contributed by atoms with Gasteiger partial charge in [0, 0.05) is 6.61 Å². The average Bonchev–Trinajstić information content (AvgIpc) is 2.66. The van der Waals surface area contributed by atoms with Crippen LogP contribution in [0.15, 0.2) is 0 Å². The van der Waals surface area contributed by atoms with Crippen molar-refractivity contribution in [3.05, 3.63) is 0 Å². The third kappa shape index (κ3) is 7.54. The van der Waals surface area contributed by atoms with Crippen LogP contribution in [0.3, 0.4) is 0 Å². The number of ether oxygens (including phenoxy) is 5. The van der Waals surface area contributed by atoms with Gasteiger partial charge in [-0.1, -0.05) is 0 Å². The molecule has 0 aromatic rings. The summed E-state index contributed by atoms with van der Waals surface area (Å²) in [5.41, 5.74) is 0.622. The van der Waals surface area contributed by atoms with E-state index in [4.69, 9.17) is 28.8 Å². The number of hydrogen-bond donors (Lipinski definition) is 1. The smallest absolute Gasteiger partial charge is 0.0701 e. The number of rotatable bonds is 17. The first-order chi connectivity index (χ1) is 13.8. The van der Waals surface area contributed by atoms with Crippen LogP contribution in [0.4, 0.5) is 0 Å². The Bertz CT molecular complexity index is 381. The molecular weight excluding hydrogens is 360 g/mol. The Morgan fingerprint density at radius 1 is 0.536 bits per heavy atom. The molecule has 0 saturated heterocycles. The van der Waals surface area contributed by atoms with Crippen LogP contribution in [0, 0.1) is 23.2 Å². The maximum absolute atomic E-state index is 8.56. The predicted octanol–water partition coefficient (Wildman–Crippen LogP) is 2.67. The van der Waals surface area contributed by atoms with Gasteiger partial charge in [-0.15, -0.1) is 0 Å². The number of aliphatic hydroxyl groups excluding tert-OH is 1. The summed E-state index contributed by atoms with van der Waals surface area (Å²) in [4.78, 5) is 0. The van der Waals surface area contributed by atoms with E-state index in [0.717, 1.165) is 24.4 Å². The van der Waals surface area contributed by atoms with Gasteiger partial charge in [-0.3, -0.25) is 0 Å². The van der Waals surface area contributed by atoms with Gasteiger partial charge in [0.2, 0.25) is 0 Å². The lowest BCUT2D eigenvalue weighted by Crippen LogP contribution is -2.46. The summed E-state index contributed by atoms with van der Waals surface area (Å²) >= 11 is 0. The SMILES string of the molecule is OCCOCCOCCOCCOCCOCCC12CC3CC(CC(C3)C1)C2. The quantitative estimate of drug-likeness (QED) is 0.379. The van der Waals surface area contributed by atoms with Gasteiger partial charge >= 0.3 is 0 Å². The maximum atomic E-state index is 8.56. The maximum Gasteiger partial charge on any atom is 0.0701 e. The predicted molar refractivity (Wildman–Crippen MR) is 106 cm³/mol. The molecule has 4 saturated carbocycles. The van der Waals surface area contributed by atoms with Crippen LogP contribution < -0.4 is 0 Å². The van der Waals surface area contributed by atoms with Crippen LogP contribution in [-0.4, -0.2) is 77.8 Å². The molecular formula is C22H40O6. The Balaban J connectivity index is 1.07. The molecule has 4 aliphatic carbocycles. The Labute approximate surface area is 170 Å². The molecule has 0 aromatic heterocycles. The van der Waals surface area contributed by atoms with E-state index in [1.54, 1.807) is 0 Å². The van der Waals surface area contributed by atoms with Gasteiger partial charge in [-0.25, -0.2) is 0 Å². The molecule has 0 aromatic carbocycles. The van der Waals surface area contributed by atoms with Gasteiger partial charge < -0.3 is 28.8 Å². The molecule has 4 bridgehead atoms. The van der Waals surface area contributed by atoms with Crippen molar-refractivity contribution in [3.8, 4) is 0 Å². The molecule has 0 atom stereocenters. The fourth-order valence-corrected chi connectivity index (χ4v) is 5.93. The molecule has 1 N–H and O–H groups in total. The van der Waals surface area contributed by atoms with Crippen molar-refractivity contribution in [2.75, 3.05) is 72.7 Å². The van der Waals surface area contributed by atoms with E-state index in [9.17, 15) is 0 Å². The van der Waals surface area contributed by atoms with Crippen molar-refractivity contribution in [1.29, 1.82) is 0 Å². The van der Waals surface area contributed by atoms with Crippen molar-refractivity contribution in [2.45, 2.75) is 44.9 Å². The van der Waals surface area contributed by atoms with E-state index in [0.29, 0.717) is 64.9 Å². The summed E-state index contributed by atoms with van der Waals surface area (Å²) < 4.78 is 27.3. The zero-order valence-electron chi connectivity index (χ0n) is 17.4. The summed E-state index contributed by atoms with van der Waals surface area (Å²) in [7, 11) is 0. The molecule has 164 valence electrons. The summed E-state index contributed by atoms with van der Waals surface area (Å²) in [6, 6.07) is 0.